The maximum absolute atomic E-state index is 14.2. The van der Waals surface area contributed by atoms with Crippen LogP contribution < -0.4 is 5.32 Å². The van der Waals surface area contributed by atoms with Crippen LogP contribution in [0.15, 0.2) is 60.3 Å². The lowest BCUT2D eigenvalue weighted by Gasteiger charge is -2.16. The lowest BCUT2D eigenvalue weighted by molar-refractivity contribution is -0.113. The molecule has 5 nitrogen and oxygen atoms in total. The standard InChI is InChI=1S/C23H25FN4OS/c1-5-13-28-22(18-10-6-7-12-19(18)24)26-27-23(28)30-14-20(29)25-21-16(4)9-8-11-17(21)15(2)3/h5-12,15H,1,13-14H2,2-4H3,(H,25,29). The van der Waals surface area contributed by atoms with E-state index in [9.17, 15) is 9.18 Å². The minimum atomic E-state index is -0.370. The van der Waals surface area contributed by atoms with Crippen LogP contribution in [0.4, 0.5) is 10.1 Å². The van der Waals surface area contributed by atoms with Gasteiger partial charge in [-0.15, -0.1) is 16.8 Å². The van der Waals surface area contributed by atoms with Gasteiger partial charge in [-0.2, -0.15) is 0 Å². The first-order valence-electron chi connectivity index (χ1n) is 9.73. The third kappa shape index (κ3) is 4.79. The van der Waals surface area contributed by atoms with Crippen molar-refractivity contribution in [3.05, 3.63) is 72.1 Å². The van der Waals surface area contributed by atoms with Crippen molar-refractivity contribution in [3.63, 3.8) is 0 Å². The first-order chi connectivity index (χ1) is 14.4. The highest BCUT2D eigenvalue weighted by Crippen LogP contribution is 2.29. The Hall–Kier alpha value is -2.93. The topological polar surface area (TPSA) is 59.8 Å². The van der Waals surface area contributed by atoms with Gasteiger partial charge in [0.2, 0.25) is 5.91 Å². The Kier molecular flexibility index (Phi) is 7.05. The SMILES string of the molecule is C=CCn1c(SCC(=O)Nc2c(C)cccc2C(C)C)nnc1-c1ccccc1F. The van der Waals surface area contributed by atoms with Gasteiger partial charge in [0.1, 0.15) is 5.82 Å². The van der Waals surface area contributed by atoms with E-state index in [4.69, 9.17) is 0 Å². The van der Waals surface area contributed by atoms with Crippen LogP contribution in [0.3, 0.4) is 0 Å². The van der Waals surface area contributed by atoms with Crippen molar-refractivity contribution in [3.8, 4) is 11.4 Å². The monoisotopic (exact) mass is 424 g/mol. The van der Waals surface area contributed by atoms with E-state index in [1.54, 1.807) is 28.8 Å². The number of rotatable bonds is 8. The van der Waals surface area contributed by atoms with E-state index in [2.05, 4.69) is 35.9 Å². The first kappa shape index (κ1) is 21.8. The fraction of sp³-hybridized carbons (Fsp3) is 0.261. The number of para-hydroxylation sites is 1. The van der Waals surface area contributed by atoms with Crippen molar-refractivity contribution in [2.75, 3.05) is 11.1 Å². The Bertz CT molecular complexity index is 1060. The Labute approximate surface area is 180 Å². The van der Waals surface area contributed by atoms with E-state index in [1.165, 1.54) is 17.8 Å². The number of nitrogens with zero attached hydrogens (tertiary/aromatic N) is 3. The number of hydrogen-bond acceptors (Lipinski definition) is 4. The van der Waals surface area contributed by atoms with E-state index in [-0.39, 0.29) is 17.5 Å². The molecule has 0 aliphatic carbocycles. The molecule has 0 spiro atoms. The first-order valence-corrected chi connectivity index (χ1v) is 10.7. The minimum absolute atomic E-state index is 0.128. The van der Waals surface area contributed by atoms with Gasteiger partial charge in [-0.3, -0.25) is 9.36 Å². The molecule has 0 fully saturated rings. The van der Waals surface area contributed by atoms with E-state index < -0.39 is 0 Å². The second-order valence-electron chi connectivity index (χ2n) is 7.22. The molecule has 0 bridgehead atoms. The summed E-state index contributed by atoms with van der Waals surface area (Å²) in [5.74, 6) is 0.379. The van der Waals surface area contributed by atoms with Crippen molar-refractivity contribution in [2.45, 2.75) is 38.4 Å². The second-order valence-corrected chi connectivity index (χ2v) is 8.16. The predicted octanol–water partition coefficient (Wildman–Crippen LogP) is 5.43. The number of carbonyl (C=O) groups is 1. The summed E-state index contributed by atoms with van der Waals surface area (Å²) in [4.78, 5) is 12.6. The second kappa shape index (κ2) is 9.71. The molecule has 0 saturated carbocycles. The van der Waals surface area contributed by atoms with Crippen molar-refractivity contribution in [2.24, 2.45) is 0 Å². The third-order valence-corrected chi connectivity index (χ3v) is 5.63. The molecule has 156 valence electrons. The van der Waals surface area contributed by atoms with Crippen LogP contribution in [-0.2, 0) is 11.3 Å². The van der Waals surface area contributed by atoms with Gasteiger partial charge in [0, 0.05) is 12.2 Å². The number of aryl methyl sites for hydroxylation is 1. The smallest absolute Gasteiger partial charge is 0.234 e. The average Bonchev–Trinajstić information content (AvgIpc) is 3.11. The molecule has 3 aromatic rings. The Morgan fingerprint density at radius 3 is 2.70 bits per heavy atom. The summed E-state index contributed by atoms with van der Waals surface area (Å²) in [7, 11) is 0. The Morgan fingerprint density at radius 1 is 1.23 bits per heavy atom. The van der Waals surface area contributed by atoms with Crippen LogP contribution >= 0.6 is 11.8 Å². The molecule has 30 heavy (non-hydrogen) atoms. The molecule has 0 aliphatic rings. The molecular weight excluding hydrogens is 399 g/mol. The van der Waals surface area contributed by atoms with Gasteiger partial charge >= 0.3 is 0 Å². The number of benzene rings is 2. The van der Waals surface area contributed by atoms with Crippen molar-refractivity contribution in [1.29, 1.82) is 0 Å². The summed E-state index contributed by atoms with van der Waals surface area (Å²) in [5, 5.41) is 11.9. The molecule has 0 unspecified atom stereocenters. The minimum Gasteiger partial charge on any atom is -0.325 e. The number of nitrogens with one attached hydrogen (secondary N) is 1. The molecule has 7 heteroatoms. The maximum atomic E-state index is 14.2. The van der Waals surface area contributed by atoms with E-state index in [1.807, 2.05) is 25.1 Å². The van der Waals surface area contributed by atoms with E-state index in [0.29, 0.717) is 29.0 Å². The molecule has 1 heterocycles. The van der Waals surface area contributed by atoms with Gasteiger partial charge in [-0.05, 0) is 36.1 Å². The lowest BCUT2D eigenvalue weighted by atomic mass is 9.98. The number of halogens is 1. The number of hydrogen-bond donors (Lipinski definition) is 1. The average molecular weight is 425 g/mol. The van der Waals surface area contributed by atoms with Crippen LogP contribution in [0.2, 0.25) is 0 Å². The van der Waals surface area contributed by atoms with Crippen molar-refractivity contribution < 1.29 is 9.18 Å². The van der Waals surface area contributed by atoms with Gasteiger partial charge in [0.05, 0.1) is 11.3 Å². The van der Waals surface area contributed by atoms with Gasteiger partial charge < -0.3 is 5.32 Å². The fourth-order valence-electron chi connectivity index (χ4n) is 3.18. The number of aromatic nitrogens is 3. The Morgan fingerprint density at radius 2 is 2.00 bits per heavy atom. The van der Waals surface area contributed by atoms with E-state index >= 15 is 0 Å². The number of amides is 1. The normalized spacial score (nSPS) is 11.0. The molecule has 0 saturated heterocycles. The van der Waals surface area contributed by atoms with Crippen LogP contribution in [0.5, 0.6) is 0 Å². The summed E-state index contributed by atoms with van der Waals surface area (Å²) in [6.07, 6.45) is 1.69. The summed E-state index contributed by atoms with van der Waals surface area (Å²) in [6, 6.07) is 12.4. The summed E-state index contributed by atoms with van der Waals surface area (Å²) < 4.78 is 16.0. The molecule has 1 aromatic heterocycles. The van der Waals surface area contributed by atoms with Crippen LogP contribution in [0, 0.1) is 12.7 Å². The zero-order valence-corrected chi connectivity index (χ0v) is 18.2. The quantitative estimate of drug-likeness (QED) is 0.387. The molecule has 0 radical (unpaired) electrons. The molecule has 0 atom stereocenters. The highest BCUT2D eigenvalue weighted by Gasteiger charge is 2.18. The van der Waals surface area contributed by atoms with E-state index in [0.717, 1.165) is 16.8 Å². The highest BCUT2D eigenvalue weighted by molar-refractivity contribution is 7.99. The molecule has 3 rings (SSSR count). The number of anilines is 1. The van der Waals surface area contributed by atoms with Gasteiger partial charge in [-0.1, -0.05) is 62.0 Å². The third-order valence-electron chi connectivity index (χ3n) is 4.67. The fourth-order valence-corrected chi connectivity index (χ4v) is 3.93. The van der Waals surface area contributed by atoms with Crippen LogP contribution in [0.1, 0.15) is 30.9 Å². The summed E-state index contributed by atoms with van der Waals surface area (Å²) in [6.45, 7) is 10.4. The van der Waals surface area contributed by atoms with Crippen molar-refractivity contribution >= 4 is 23.4 Å². The van der Waals surface area contributed by atoms with Gasteiger partial charge in [-0.25, -0.2) is 4.39 Å². The number of carbonyl (C=O) groups excluding carboxylic acids is 1. The lowest BCUT2D eigenvalue weighted by Crippen LogP contribution is -2.17. The molecule has 2 aromatic carbocycles. The van der Waals surface area contributed by atoms with Gasteiger partial charge in [0.15, 0.2) is 11.0 Å². The van der Waals surface area contributed by atoms with Crippen molar-refractivity contribution in [1.82, 2.24) is 14.8 Å². The molecule has 1 amide bonds. The summed E-state index contributed by atoms with van der Waals surface area (Å²) >= 11 is 1.26. The number of thioether (sulfide) groups is 1. The zero-order chi connectivity index (χ0) is 21.7. The van der Waals surface area contributed by atoms with Crippen LogP contribution in [0.25, 0.3) is 11.4 Å². The molecule has 0 aliphatic heterocycles. The Balaban J connectivity index is 1.78. The predicted molar refractivity (Wildman–Crippen MR) is 120 cm³/mol. The van der Waals surface area contributed by atoms with Crippen LogP contribution in [-0.4, -0.2) is 26.4 Å². The molecular formula is C23H25FN4OS. The summed E-state index contributed by atoms with van der Waals surface area (Å²) in [5.41, 5.74) is 3.35. The van der Waals surface area contributed by atoms with Gasteiger partial charge in [0.25, 0.3) is 0 Å². The number of allylic oxidation sites excluding steroid dienone is 1. The highest BCUT2D eigenvalue weighted by atomic mass is 32.2. The molecule has 1 N–H and O–H groups in total. The maximum Gasteiger partial charge on any atom is 0.234 e. The largest absolute Gasteiger partial charge is 0.325 e. The zero-order valence-electron chi connectivity index (χ0n) is 17.4.